The molecule has 1 heterocycles. The monoisotopic (exact) mass is 423 g/mol. The van der Waals surface area contributed by atoms with Crippen LogP contribution < -0.4 is 15.4 Å². The van der Waals surface area contributed by atoms with Gasteiger partial charge in [-0.05, 0) is 70.2 Å². The van der Waals surface area contributed by atoms with Crippen LogP contribution in [0.5, 0.6) is 5.75 Å². The highest BCUT2D eigenvalue weighted by molar-refractivity contribution is 7.09. The van der Waals surface area contributed by atoms with Gasteiger partial charge in [0.1, 0.15) is 12.4 Å². The zero-order chi connectivity index (χ0) is 21.7. The van der Waals surface area contributed by atoms with E-state index in [9.17, 15) is 9.59 Å². The van der Waals surface area contributed by atoms with E-state index in [1.807, 2.05) is 33.1 Å². The number of ether oxygens (including phenoxy) is 1. The molecule has 0 saturated carbocycles. The van der Waals surface area contributed by atoms with Gasteiger partial charge in [-0.25, -0.2) is 4.98 Å². The van der Waals surface area contributed by atoms with Crippen LogP contribution in [0.25, 0.3) is 0 Å². The minimum atomic E-state index is -0.310. The van der Waals surface area contributed by atoms with Crippen molar-refractivity contribution in [1.29, 1.82) is 0 Å². The number of carbonyl (C=O) groups excluding carboxylic acids is 2. The second-order valence-corrected chi connectivity index (χ2v) is 8.97. The molecule has 0 bridgehead atoms. The Hall–Kier alpha value is -3.19. The van der Waals surface area contributed by atoms with Crippen molar-refractivity contribution in [3.63, 3.8) is 0 Å². The SMILES string of the molecule is Cc1nc(COc2cccc(C(=O)Nc3ccc(C(=O)NC(C)(C)C)cc3)c2)cs1. The fourth-order valence-corrected chi connectivity index (χ4v) is 3.28. The molecule has 0 saturated heterocycles. The molecule has 0 spiro atoms. The molecule has 2 aromatic carbocycles. The zero-order valence-corrected chi connectivity index (χ0v) is 18.3. The number of hydrogen-bond acceptors (Lipinski definition) is 5. The maximum absolute atomic E-state index is 12.6. The predicted molar refractivity (Wildman–Crippen MR) is 119 cm³/mol. The Bertz CT molecular complexity index is 1040. The first-order valence-corrected chi connectivity index (χ1v) is 10.5. The largest absolute Gasteiger partial charge is 0.487 e. The lowest BCUT2D eigenvalue weighted by molar-refractivity contribution is 0.0919. The van der Waals surface area contributed by atoms with Gasteiger partial charge in [-0.1, -0.05) is 6.07 Å². The summed E-state index contributed by atoms with van der Waals surface area (Å²) in [6.45, 7) is 8.08. The lowest BCUT2D eigenvalue weighted by atomic mass is 10.1. The van der Waals surface area contributed by atoms with Gasteiger partial charge in [0.2, 0.25) is 0 Å². The van der Waals surface area contributed by atoms with Crippen molar-refractivity contribution in [2.24, 2.45) is 0 Å². The lowest BCUT2D eigenvalue weighted by Crippen LogP contribution is -2.40. The number of amides is 2. The van der Waals surface area contributed by atoms with Crippen LogP contribution in [0.4, 0.5) is 5.69 Å². The van der Waals surface area contributed by atoms with Gasteiger partial charge >= 0.3 is 0 Å². The Balaban J connectivity index is 1.61. The fraction of sp³-hybridized carbons (Fsp3) is 0.261. The number of anilines is 1. The first kappa shape index (κ1) is 21.5. The van der Waals surface area contributed by atoms with Crippen molar-refractivity contribution in [2.75, 3.05) is 5.32 Å². The van der Waals surface area contributed by atoms with Gasteiger partial charge in [-0.15, -0.1) is 11.3 Å². The van der Waals surface area contributed by atoms with E-state index in [1.165, 1.54) is 0 Å². The predicted octanol–water partition coefficient (Wildman–Crippen LogP) is 4.81. The van der Waals surface area contributed by atoms with E-state index in [1.54, 1.807) is 59.9 Å². The second-order valence-electron chi connectivity index (χ2n) is 7.91. The summed E-state index contributed by atoms with van der Waals surface area (Å²) in [6.07, 6.45) is 0. The highest BCUT2D eigenvalue weighted by Crippen LogP contribution is 2.18. The number of nitrogens with one attached hydrogen (secondary N) is 2. The molecule has 30 heavy (non-hydrogen) atoms. The van der Waals surface area contributed by atoms with Crippen LogP contribution in [0.15, 0.2) is 53.9 Å². The maximum atomic E-state index is 12.6. The number of thiazole rings is 1. The molecule has 0 radical (unpaired) electrons. The summed E-state index contributed by atoms with van der Waals surface area (Å²) in [6, 6.07) is 13.8. The molecule has 1 aromatic heterocycles. The van der Waals surface area contributed by atoms with Crippen LogP contribution in [0, 0.1) is 6.92 Å². The molecule has 0 aliphatic rings. The molecule has 0 aliphatic heterocycles. The van der Waals surface area contributed by atoms with Gasteiger partial charge in [0.25, 0.3) is 11.8 Å². The average molecular weight is 424 g/mol. The normalized spacial score (nSPS) is 11.1. The third-order valence-electron chi connectivity index (χ3n) is 4.04. The molecule has 3 aromatic rings. The van der Waals surface area contributed by atoms with Crippen LogP contribution >= 0.6 is 11.3 Å². The summed E-state index contributed by atoms with van der Waals surface area (Å²) >= 11 is 1.57. The molecule has 156 valence electrons. The lowest BCUT2D eigenvalue weighted by Gasteiger charge is -2.20. The number of benzene rings is 2. The van der Waals surface area contributed by atoms with E-state index in [2.05, 4.69) is 15.6 Å². The van der Waals surface area contributed by atoms with Crippen LogP contribution in [-0.2, 0) is 6.61 Å². The van der Waals surface area contributed by atoms with E-state index < -0.39 is 0 Å². The molecule has 0 fully saturated rings. The van der Waals surface area contributed by atoms with Crippen molar-refractivity contribution in [3.05, 3.63) is 75.7 Å². The Morgan fingerprint density at radius 2 is 1.77 bits per heavy atom. The molecule has 6 nitrogen and oxygen atoms in total. The van der Waals surface area contributed by atoms with Gasteiger partial charge in [0, 0.05) is 27.7 Å². The number of hydrogen-bond donors (Lipinski definition) is 2. The first-order chi connectivity index (χ1) is 14.2. The summed E-state index contributed by atoms with van der Waals surface area (Å²) < 4.78 is 5.75. The second kappa shape index (κ2) is 9.09. The molecule has 0 unspecified atom stereocenters. The third kappa shape index (κ3) is 6.15. The van der Waals surface area contributed by atoms with E-state index in [4.69, 9.17) is 4.74 Å². The van der Waals surface area contributed by atoms with Crippen LogP contribution in [-0.4, -0.2) is 22.3 Å². The van der Waals surface area contributed by atoms with Crippen LogP contribution in [0.1, 0.15) is 52.2 Å². The Morgan fingerprint density at radius 3 is 2.40 bits per heavy atom. The van der Waals surface area contributed by atoms with Crippen molar-refractivity contribution in [1.82, 2.24) is 10.3 Å². The number of rotatable bonds is 6. The Kier molecular flexibility index (Phi) is 6.52. The topological polar surface area (TPSA) is 80.3 Å². The van der Waals surface area contributed by atoms with E-state index in [0.717, 1.165) is 10.7 Å². The van der Waals surface area contributed by atoms with Crippen molar-refractivity contribution in [3.8, 4) is 5.75 Å². The molecule has 0 atom stereocenters. The van der Waals surface area contributed by atoms with Crippen molar-refractivity contribution < 1.29 is 14.3 Å². The molecule has 3 rings (SSSR count). The molecule has 7 heteroatoms. The van der Waals surface area contributed by atoms with E-state index >= 15 is 0 Å². The minimum absolute atomic E-state index is 0.152. The minimum Gasteiger partial charge on any atom is -0.487 e. The standard InChI is InChI=1S/C23H25N3O3S/c1-15-24-19(14-30-15)13-29-20-7-5-6-17(12-20)21(27)25-18-10-8-16(9-11-18)22(28)26-23(2,3)4/h5-12,14H,13H2,1-4H3,(H,25,27)(H,26,28). The van der Waals surface area contributed by atoms with Gasteiger partial charge in [0.05, 0.1) is 10.7 Å². The quantitative estimate of drug-likeness (QED) is 0.596. The smallest absolute Gasteiger partial charge is 0.255 e. The van der Waals surface area contributed by atoms with Crippen LogP contribution in [0.3, 0.4) is 0 Å². The van der Waals surface area contributed by atoms with Gasteiger partial charge in [-0.3, -0.25) is 9.59 Å². The summed E-state index contributed by atoms with van der Waals surface area (Å²) in [5.41, 5.74) is 2.18. The zero-order valence-electron chi connectivity index (χ0n) is 17.5. The molecule has 2 amide bonds. The van der Waals surface area contributed by atoms with Crippen molar-refractivity contribution in [2.45, 2.75) is 39.8 Å². The number of aromatic nitrogens is 1. The summed E-state index contributed by atoms with van der Waals surface area (Å²) in [5.74, 6) is 0.194. The van der Waals surface area contributed by atoms with E-state index in [-0.39, 0.29) is 17.4 Å². The van der Waals surface area contributed by atoms with Crippen molar-refractivity contribution >= 4 is 28.8 Å². The van der Waals surface area contributed by atoms with Gasteiger partial charge in [0.15, 0.2) is 0 Å². The summed E-state index contributed by atoms with van der Waals surface area (Å²) in [7, 11) is 0. The highest BCUT2D eigenvalue weighted by atomic mass is 32.1. The Morgan fingerprint density at radius 1 is 1.03 bits per heavy atom. The Labute approximate surface area is 180 Å². The third-order valence-corrected chi connectivity index (χ3v) is 4.87. The number of carbonyl (C=O) groups is 2. The van der Waals surface area contributed by atoms with Gasteiger partial charge < -0.3 is 15.4 Å². The van der Waals surface area contributed by atoms with Crippen LogP contribution in [0.2, 0.25) is 0 Å². The molecular formula is C23H25N3O3S. The molecule has 0 aliphatic carbocycles. The summed E-state index contributed by atoms with van der Waals surface area (Å²) in [4.78, 5) is 29.2. The average Bonchev–Trinajstić information content (AvgIpc) is 3.11. The fourth-order valence-electron chi connectivity index (χ4n) is 2.68. The molecular weight excluding hydrogens is 398 g/mol. The first-order valence-electron chi connectivity index (χ1n) is 9.57. The maximum Gasteiger partial charge on any atom is 0.255 e. The number of aryl methyl sites for hydroxylation is 1. The number of nitrogens with zero attached hydrogens (tertiary/aromatic N) is 1. The van der Waals surface area contributed by atoms with E-state index in [0.29, 0.717) is 29.2 Å². The molecule has 2 N–H and O–H groups in total. The highest BCUT2D eigenvalue weighted by Gasteiger charge is 2.15. The van der Waals surface area contributed by atoms with Gasteiger partial charge in [-0.2, -0.15) is 0 Å². The summed E-state index contributed by atoms with van der Waals surface area (Å²) in [5, 5.41) is 8.69.